The third kappa shape index (κ3) is 4.96. The molecule has 0 heterocycles. The molecule has 0 aliphatic carbocycles. The van der Waals surface area contributed by atoms with Gasteiger partial charge in [0.25, 0.3) is 5.91 Å². The number of carbonyl (C=O) groups excluding carboxylic acids is 1. The van der Waals surface area contributed by atoms with Gasteiger partial charge >= 0.3 is 0 Å². The number of hydrogen-bond donors (Lipinski definition) is 1. The van der Waals surface area contributed by atoms with Crippen molar-refractivity contribution in [2.24, 2.45) is 0 Å². The molecule has 4 nitrogen and oxygen atoms in total. The summed E-state index contributed by atoms with van der Waals surface area (Å²) in [5, 5.41) is 2.90. The van der Waals surface area contributed by atoms with Gasteiger partial charge in [0.2, 0.25) is 0 Å². The van der Waals surface area contributed by atoms with Crippen LogP contribution in [0.1, 0.15) is 31.1 Å². The van der Waals surface area contributed by atoms with Crippen LogP contribution >= 0.6 is 11.8 Å². The first kappa shape index (κ1) is 16.7. The van der Waals surface area contributed by atoms with Gasteiger partial charge in [-0.05, 0) is 12.1 Å². The van der Waals surface area contributed by atoms with Gasteiger partial charge in [0, 0.05) is 17.0 Å². The van der Waals surface area contributed by atoms with Crippen molar-refractivity contribution >= 4 is 17.7 Å². The molecular weight excluding hydrogens is 274 g/mol. The van der Waals surface area contributed by atoms with Crippen LogP contribution in [0.2, 0.25) is 0 Å². The van der Waals surface area contributed by atoms with E-state index >= 15 is 0 Å². The summed E-state index contributed by atoms with van der Waals surface area (Å²) >= 11 is 1.81. The number of hydrogen-bond acceptors (Lipinski definition) is 4. The van der Waals surface area contributed by atoms with Crippen LogP contribution in [0.25, 0.3) is 0 Å². The topological polar surface area (TPSA) is 47.6 Å². The summed E-state index contributed by atoms with van der Waals surface area (Å²) in [5.41, 5.74) is 0.443. The smallest absolute Gasteiger partial charge is 0.258 e. The Kier molecular flexibility index (Phi) is 6.20. The van der Waals surface area contributed by atoms with Crippen LogP contribution in [0.5, 0.6) is 11.5 Å². The van der Waals surface area contributed by atoms with E-state index < -0.39 is 0 Å². The van der Waals surface area contributed by atoms with Crippen LogP contribution in [-0.2, 0) is 0 Å². The lowest BCUT2D eigenvalue weighted by Gasteiger charge is -2.18. The number of thioether (sulfide) groups is 1. The Morgan fingerprint density at radius 1 is 1.20 bits per heavy atom. The molecule has 0 aliphatic rings. The highest BCUT2D eigenvalue weighted by Gasteiger charge is 2.18. The van der Waals surface area contributed by atoms with Crippen molar-refractivity contribution in [1.82, 2.24) is 5.32 Å². The van der Waals surface area contributed by atoms with Gasteiger partial charge in [-0.3, -0.25) is 4.79 Å². The van der Waals surface area contributed by atoms with Crippen LogP contribution < -0.4 is 14.8 Å². The van der Waals surface area contributed by atoms with Crippen LogP contribution in [0, 0.1) is 0 Å². The normalized spacial score (nSPS) is 11.1. The Balaban J connectivity index is 2.68. The average Bonchev–Trinajstić information content (AvgIpc) is 2.41. The minimum atomic E-state index is -0.172. The molecule has 0 spiro atoms. The molecule has 5 heteroatoms. The lowest BCUT2D eigenvalue weighted by molar-refractivity contribution is 0.0950. The van der Waals surface area contributed by atoms with Gasteiger partial charge in [-0.1, -0.05) is 26.8 Å². The molecule has 1 amide bonds. The summed E-state index contributed by atoms with van der Waals surface area (Å²) < 4.78 is 10.6. The fourth-order valence-electron chi connectivity index (χ4n) is 1.69. The number of amides is 1. The third-order valence-corrected chi connectivity index (χ3v) is 3.85. The molecule has 0 saturated carbocycles. The minimum absolute atomic E-state index is 0.172. The Morgan fingerprint density at radius 2 is 1.75 bits per heavy atom. The molecule has 1 aromatic rings. The van der Waals surface area contributed by atoms with E-state index in [1.807, 2.05) is 11.8 Å². The maximum atomic E-state index is 12.2. The molecule has 0 saturated heterocycles. The molecule has 0 radical (unpaired) electrons. The van der Waals surface area contributed by atoms with Gasteiger partial charge in [-0.15, -0.1) is 0 Å². The highest BCUT2D eigenvalue weighted by Crippen LogP contribution is 2.28. The number of rotatable bonds is 6. The van der Waals surface area contributed by atoms with Crippen LogP contribution in [0.4, 0.5) is 0 Å². The molecule has 0 unspecified atom stereocenters. The van der Waals surface area contributed by atoms with E-state index in [9.17, 15) is 4.79 Å². The molecule has 1 N–H and O–H groups in total. The van der Waals surface area contributed by atoms with Crippen molar-refractivity contribution in [2.45, 2.75) is 25.5 Å². The Bertz CT molecular complexity index is 433. The second-order valence-electron chi connectivity index (χ2n) is 5.25. The first-order valence-corrected chi connectivity index (χ1v) is 7.50. The molecule has 0 atom stereocenters. The largest absolute Gasteiger partial charge is 0.496 e. The van der Waals surface area contributed by atoms with E-state index in [2.05, 4.69) is 26.1 Å². The van der Waals surface area contributed by atoms with E-state index in [0.717, 1.165) is 5.75 Å². The summed E-state index contributed by atoms with van der Waals surface area (Å²) in [5.74, 6) is 1.73. The zero-order valence-corrected chi connectivity index (χ0v) is 13.6. The van der Waals surface area contributed by atoms with Crippen molar-refractivity contribution in [1.29, 1.82) is 0 Å². The third-order valence-electron chi connectivity index (χ3n) is 2.58. The fourth-order valence-corrected chi connectivity index (χ4v) is 2.50. The number of methoxy groups -OCH3 is 2. The zero-order valence-electron chi connectivity index (χ0n) is 12.8. The predicted octanol–water partition coefficient (Wildman–Crippen LogP) is 2.97. The van der Waals surface area contributed by atoms with Crippen molar-refractivity contribution < 1.29 is 14.3 Å². The van der Waals surface area contributed by atoms with Gasteiger partial charge < -0.3 is 14.8 Å². The van der Waals surface area contributed by atoms with Crippen LogP contribution in [0.15, 0.2) is 18.2 Å². The van der Waals surface area contributed by atoms with Crippen molar-refractivity contribution in [2.75, 3.05) is 26.5 Å². The summed E-state index contributed by atoms with van der Waals surface area (Å²) in [6.07, 6.45) is 0. The number of ether oxygens (including phenoxy) is 2. The first-order chi connectivity index (χ1) is 9.39. The lowest BCUT2D eigenvalue weighted by Crippen LogP contribution is -2.27. The summed E-state index contributed by atoms with van der Waals surface area (Å²) in [6, 6.07) is 5.30. The molecule has 112 valence electrons. The molecule has 0 fully saturated rings. The van der Waals surface area contributed by atoms with Gasteiger partial charge in [0.15, 0.2) is 0 Å². The SMILES string of the molecule is COc1cccc(OC)c1C(=O)NCCSC(C)(C)C. The highest BCUT2D eigenvalue weighted by molar-refractivity contribution is 8.00. The molecule has 0 aromatic heterocycles. The highest BCUT2D eigenvalue weighted by atomic mass is 32.2. The fraction of sp³-hybridized carbons (Fsp3) is 0.533. The maximum absolute atomic E-state index is 12.2. The van der Waals surface area contributed by atoms with E-state index in [1.54, 1.807) is 32.4 Å². The van der Waals surface area contributed by atoms with E-state index in [4.69, 9.17) is 9.47 Å². The van der Waals surface area contributed by atoms with Gasteiger partial charge in [-0.2, -0.15) is 11.8 Å². The quantitative estimate of drug-likeness (QED) is 0.820. The second kappa shape index (κ2) is 7.43. The van der Waals surface area contributed by atoms with Crippen molar-refractivity contribution in [3.8, 4) is 11.5 Å². The van der Waals surface area contributed by atoms with Crippen LogP contribution in [-0.4, -0.2) is 37.2 Å². The maximum Gasteiger partial charge on any atom is 0.258 e. The average molecular weight is 297 g/mol. The number of nitrogens with one attached hydrogen (secondary N) is 1. The van der Waals surface area contributed by atoms with E-state index in [-0.39, 0.29) is 10.7 Å². The molecule has 20 heavy (non-hydrogen) atoms. The Hall–Kier alpha value is -1.36. The molecule has 0 bridgehead atoms. The van der Waals surface area contributed by atoms with Gasteiger partial charge in [-0.25, -0.2) is 0 Å². The van der Waals surface area contributed by atoms with Crippen molar-refractivity contribution in [3.63, 3.8) is 0 Å². The summed E-state index contributed by atoms with van der Waals surface area (Å²) in [4.78, 5) is 12.2. The zero-order chi connectivity index (χ0) is 15.2. The lowest BCUT2D eigenvalue weighted by atomic mass is 10.1. The molecule has 1 rings (SSSR count). The predicted molar refractivity (Wildman–Crippen MR) is 84.1 cm³/mol. The van der Waals surface area contributed by atoms with E-state index in [1.165, 1.54) is 0 Å². The monoisotopic (exact) mass is 297 g/mol. The van der Waals surface area contributed by atoms with Gasteiger partial charge in [0.05, 0.1) is 14.2 Å². The molecule has 0 aliphatic heterocycles. The standard InChI is InChI=1S/C15H23NO3S/c1-15(2,3)20-10-9-16-14(17)13-11(18-4)7-6-8-12(13)19-5/h6-8H,9-10H2,1-5H3,(H,16,17). The van der Waals surface area contributed by atoms with Gasteiger partial charge in [0.1, 0.15) is 17.1 Å². The number of carbonyl (C=O) groups is 1. The van der Waals surface area contributed by atoms with E-state index in [0.29, 0.717) is 23.6 Å². The van der Waals surface area contributed by atoms with Crippen LogP contribution in [0.3, 0.4) is 0 Å². The summed E-state index contributed by atoms with van der Waals surface area (Å²) in [7, 11) is 3.09. The minimum Gasteiger partial charge on any atom is -0.496 e. The first-order valence-electron chi connectivity index (χ1n) is 6.52. The van der Waals surface area contributed by atoms with Crippen molar-refractivity contribution in [3.05, 3.63) is 23.8 Å². The second-order valence-corrected chi connectivity index (χ2v) is 7.18. The number of benzene rings is 1. The Morgan fingerprint density at radius 3 is 2.20 bits per heavy atom. The summed E-state index contributed by atoms with van der Waals surface area (Å²) in [6.45, 7) is 7.08. The molecular formula is C15H23NO3S. The molecule has 1 aromatic carbocycles. The Labute approximate surface area is 125 Å².